The lowest BCUT2D eigenvalue weighted by molar-refractivity contribution is -0.114. The summed E-state index contributed by atoms with van der Waals surface area (Å²) in [5.74, 6) is 0.0566. The summed E-state index contributed by atoms with van der Waals surface area (Å²) in [6, 6.07) is 6.83. The number of nitrogens with one attached hydrogen (secondary N) is 3. The number of carbonyl (C=O) groups is 2. The maximum Gasteiger partial charge on any atom is 0.234 e. The molecule has 0 radical (unpaired) electrons. The SMILES string of the molecule is CC(=O)Nc1ccc(NC(=O)CSc2n[nH]c(N)n2)cc1. The summed E-state index contributed by atoms with van der Waals surface area (Å²) in [6.45, 7) is 1.43. The van der Waals surface area contributed by atoms with Gasteiger partial charge in [-0.1, -0.05) is 11.8 Å². The van der Waals surface area contributed by atoms with Crippen molar-refractivity contribution in [3.63, 3.8) is 0 Å². The molecule has 0 spiro atoms. The number of nitrogens with zero attached hydrogens (tertiary/aromatic N) is 2. The first-order valence-electron chi connectivity index (χ1n) is 6.01. The summed E-state index contributed by atoms with van der Waals surface area (Å²) in [4.78, 5) is 26.5. The Labute approximate surface area is 124 Å². The molecule has 21 heavy (non-hydrogen) atoms. The lowest BCUT2D eigenvalue weighted by Gasteiger charge is -2.06. The van der Waals surface area contributed by atoms with Gasteiger partial charge in [-0.25, -0.2) is 5.10 Å². The van der Waals surface area contributed by atoms with Crippen LogP contribution >= 0.6 is 11.8 Å². The number of hydrogen-bond donors (Lipinski definition) is 4. The smallest absolute Gasteiger partial charge is 0.234 e. The van der Waals surface area contributed by atoms with E-state index in [9.17, 15) is 9.59 Å². The van der Waals surface area contributed by atoms with E-state index in [0.29, 0.717) is 16.5 Å². The molecule has 0 saturated carbocycles. The van der Waals surface area contributed by atoms with Crippen molar-refractivity contribution in [3.05, 3.63) is 24.3 Å². The number of rotatable bonds is 5. The Morgan fingerprint density at radius 2 is 1.86 bits per heavy atom. The second-order valence-electron chi connectivity index (χ2n) is 4.10. The molecule has 1 heterocycles. The molecule has 0 fully saturated rings. The number of anilines is 3. The zero-order valence-electron chi connectivity index (χ0n) is 11.2. The minimum absolute atomic E-state index is 0.144. The van der Waals surface area contributed by atoms with Gasteiger partial charge in [0.05, 0.1) is 5.75 Å². The fraction of sp³-hybridized carbons (Fsp3) is 0.167. The van der Waals surface area contributed by atoms with E-state index in [-0.39, 0.29) is 23.5 Å². The van der Waals surface area contributed by atoms with E-state index >= 15 is 0 Å². The predicted octanol–water partition coefficient (Wildman–Crippen LogP) is 1.08. The highest BCUT2D eigenvalue weighted by atomic mass is 32.2. The molecular weight excluding hydrogens is 292 g/mol. The van der Waals surface area contributed by atoms with Crippen LogP contribution in [0.25, 0.3) is 0 Å². The third-order valence-corrected chi connectivity index (χ3v) is 3.15. The van der Waals surface area contributed by atoms with Crippen molar-refractivity contribution >= 4 is 40.9 Å². The predicted molar refractivity (Wildman–Crippen MR) is 80.9 cm³/mol. The van der Waals surface area contributed by atoms with Gasteiger partial charge in [-0.15, -0.1) is 5.10 Å². The molecule has 5 N–H and O–H groups in total. The van der Waals surface area contributed by atoms with E-state index in [0.717, 1.165) is 0 Å². The van der Waals surface area contributed by atoms with Crippen molar-refractivity contribution in [2.45, 2.75) is 12.1 Å². The summed E-state index contributed by atoms with van der Waals surface area (Å²) >= 11 is 1.18. The number of aromatic amines is 1. The third-order valence-electron chi connectivity index (χ3n) is 2.30. The molecule has 9 heteroatoms. The number of hydrogen-bond acceptors (Lipinski definition) is 6. The fourth-order valence-corrected chi connectivity index (χ4v) is 2.10. The number of benzene rings is 1. The Morgan fingerprint density at radius 1 is 1.24 bits per heavy atom. The Kier molecular flexibility index (Phi) is 4.77. The maximum absolute atomic E-state index is 11.8. The van der Waals surface area contributed by atoms with Crippen LogP contribution in [0.5, 0.6) is 0 Å². The second kappa shape index (κ2) is 6.75. The number of thioether (sulfide) groups is 1. The van der Waals surface area contributed by atoms with Crippen molar-refractivity contribution in [3.8, 4) is 0 Å². The van der Waals surface area contributed by atoms with Gasteiger partial charge in [0.15, 0.2) is 0 Å². The van der Waals surface area contributed by atoms with Crippen molar-refractivity contribution in [2.75, 3.05) is 22.1 Å². The first kappa shape index (κ1) is 14.9. The zero-order valence-corrected chi connectivity index (χ0v) is 12.0. The minimum atomic E-state index is -0.185. The maximum atomic E-state index is 11.8. The van der Waals surface area contributed by atoms with E-state index in [2.05, 4.69) is 25.8 Å². The van der Waals surface area contributed by atoms with Crippen LogP contribution in [-0.2, 0) is 9.59 Å². The number of carbonyl (C=O) groups excluding carboxylic acids is 2. The van der Waals surface area contributed by atoms with Gasteiger partial charge in [-0.2, -0.15) is 4.98 Å². The molecule has 0 saturated heterocycles. The monoisotopic (exact) mass is 306 g/mol. The molecule has 2 aromatic rings. The van der Waals surface area contributed by atoms with Crippen LogP contribution in [0.1, 0.15) is 6.92 Å². The topological polar surface area (TPSA) is 126 Å². The van der Waals surface area contributed by atoms with Gasteiger partial charge in [0.2, 0.25) is 22.9 Å². The Hall–Kier alpha value is -2.55. The molecule has 2 amide bonds. The quantitative estimate of drug-likeness (QED) is 0.612. The number of H-pyrrole nitrogens is 1. The van der Waals surface area contributed by atoms with E-state index in [4.69, 9.17) is 5.73 Å². The first-order chi connectivity index (χ1) is 10.0. The highest BCUT2D eigenvalue weighted by molar-refractivity contribution is 7.99. The number of aromatic nitrogens is 3. The van der Waals surface area contributed by atoms with E-state index in [1.807, 2.05) is 0 Å². The van der Waals surface area contributed by atoms with Crippen molar-refractivity contribution < 1.29 is 9.59 Å². The van der Waals surface area contributed by atoms with Gasteiger partial charge < -0.3 is 16.4 Å². The highest BCUT2D eigenvalue weighted by Crippen LogP contribution is 2.16. The molecule has 0 aliphatic rings. The molecule has 0 aliphatic heterocycles. The third kappa shape index (κ3) is 4.80. The van der Waals surface area contributed by atoms with E-state index < -0.39 is 0 Å². The Bertz CT molecular complexity index is 639. The fourth-order valence-electron chi connectivity index (χ4n) is 1.49. The van der Waals surface area contributed by atoms with Crippen molar-refractivity contribution in [1.82, 2.24) is 15.2 Å². The van der Waals surface area contributed by atoms with Crippen LogP contribution in [0.2, 0.25) is 0 Å². The van der Waals surface area contributed by atoms with Crippen molar-refractivity contribution in [2.24, 2.45) is 0 Å². The molecule has 0 atom stereocenters. The van der Waals surface area contributed by atoms with Gasteiger partial charge in [-0.3, -0.25) is 9.59 Å². The van der Waals surface area contributed by atoms with E-state index in [1.165, 1.54) is 18.7 Å². The molecule has 0 bridgehead atoms. The van der Waals surface area contributed by atoms with Crippen LogP contribution in [0.3, 0.4) is 0 Å². The average molecular weight is 306 g/mol. The molecule has 8 nitrogen and oxygen atoms in total. The van der Waals surface area contributed by atoms with Gasteiger partial charge >= 0.3 is 0 Å². The first-order valence-corrected chi connectivity index (χ1v) is 6.99. The van der Waals surface area contributed by atoms with E-state index in [1.54, 1.807) is 24.3 Å². The van der Waals surface area contributed by atoms with Gasteiger partial charge in [-0.05, 0) is 24.3 Å². The zero-order chi connectivity index (χ0) is 15.2. The van der Waals surface area contributed by atoms with Gasteiger partial charge in [0, 0.05) is 18.3 Å². The number of nitrogen functional groups attached to an aromatic ring is 1. The highest BCUT2D eigenvalue weighted by Gasteiger charge is 2.07. The van der Waals surface area contributed by atoms with Crippen LogP contribution < -0.4 is 16.4 Å². The molecule has 1 aromatic heterocycles. The number of amides is 2. The lowest BCUT2D eigenvalue weighted by Crippen LogP contribution is -2.14. The van der Waals surface area contributed by atoms with Crippen molar-refractivity contribution in [1.29, 1.82) is 0 Å². The normalized spacial score (nSPS) is 10.1. The molecule has 2 rings (SSSR count). The second-order valence-corrected chi connectivity index (χ2v) is 5.04. The Balaban J connectivity index is 1.83. The average Bonchev–Trinajstić information content (AvgIpc) is 2.84. The molecule has 1 aromatic carbocycles. The summed E-state index contributed by atoms with van der Waals surface area (Å²) in [6.07, 6.45) is 0. The molecule has 0 unspecified atom stereocenters. The molecule has 110 valence electrons. The lowest BCUT2D eigenvalue weighted by atomic mass is 10.3. The van der Waals surface area contributed by atoms with Crippen LogP contribution in [0.15, 0.2) is 29.4 Å². The summed E-state index contributed by atoms with van der Waals surface area (Å²) in [7, 11) is 0. The minimum Gasteiger partial charge on any atom is -0.368 e. The summed E-state index contributed by atoms with van der Waals surface area (Å²) < 4.78 is 0. The number of nitrogens with two attached hydrogens (primary N) is 1. The van der Waals surface area contributed by atoms with Gasteiger partial charge in [0.25, 0.3) is 0 Å². The Morgan fingerprint density at radius 3 is 2.38 bits per heavy atom. The van der Waals surface area contributed by atoms with Crippen LogP contribution in [0.4, 0.5) is 17.3 Å². The van der Waals surface area contributed by atoms with Crippen LogP contribution in [0, 0.1) is 0 Å². The standard InChI is InChI=1S/C12H14N6O2S/c1-7(19)14-8-2-4-9(5-3-8)15-10(20)6-21-12-16-11(13)17-18-12/h2-5H,6H2,1H3,(H,14,19)(H,15,20)(H3,13,16,17,18). The molecular formula is C12H14N6O2S. The summed E-state index contributed by atoms with van der Waals surface area (Å²) in [5, 5.41) is 12.1. The largest absolute Gasteiger partial charge is 0.368 e. The van der Waals surface area contributed by atoms with Crippen LogP contribution in [-0.4, -0.2) is 32.7 Å². The summed E-state index contributed by atoms with van der Waals surface area (Å²) in [5.41, 5.74) is 6.70. The molecule has 0 aliphatic carbocycles. The van der Waals surface area contributed by atoms with Gasteiger partial charge in [0.1, 0.15) is 0 Å².